The SMILES string of the molecule is CNS(=O)(=O)c1cc(NC(=O)CN2CCC(Cc3ccc(OC)cc3)CC2)ccc1C. The smallest absolute Gasteiger partial charge is 0.240 e. The van der Waals surface area contributed by atoms with Crippen LogP contribution in [0.3, 0.4) is 0 Å². The first kappa shape index (κ1) is 23.2. The lowest BCUT2D eigenvalue weighted by Gasteiger charge is -2.31. The van der Waals surface area contributed by atoms with Gasteiger partial charge in [0.15, 0.2) is 0 Å². The molecule has 3 rings (SSSR count). The molecule has 1 fully saturated rings. The van der Waals surface area contributed by atoms with Gasteiger partial charge in [-0.1, -0.05) is 18.2 Å². The molecule has 0 radical (unpaired) electrons. The van der Waals surface area contributed by atoms with Gasteiger partial charge in [0.1, 0.15) is 5.75 Å². The number of hydrogen-bond acceptors (Lipinski definition) is 5. The van der Waals surface area contributed by atoms with Gasteiger partial charge < -0.3 is 10.1 Å². The highest BCUT2D eigenvalue weighted by Gasteiger charge is 2.22. The summed E-state index contributed by atoms with van der Waals surface area (Å²) in [6.07, 6.45) is 3.14. The van der Waals surface area contributed by atoms with Crippen molar-refractivity contribution in [3.05, 3.63) is 53.6 Å². The fourth-order valence-electron chi connectivity index (χ4n) is 3.92. The van der Waals surface area contributed by atoms with Crippen LogP contribution in [-0.2, 0) is 21.2 Å². The first-order valence-electron chi connectivity index (χ1n) is 10.5. The predicted molar refractivity (Wildman–Crippen MR) is 122 cm³/mol. The molecule has 1 saturated heterocycles. The van der Waals surface area contributed by atoms with Crippen molar-refractivity contribution in [1.82, 2.24) is 9.62 Å². The number of sulfonamides is 1. The van der Waals surface area contributed by atoms with Crippen LogP contribution in [0.1, 0.15) is 24.0 Å². The molecular formula is C23H31N3O4S. The molecule has 1 amide bonds. The molecule has 0 aliphatic carbocycles. The second kappa shape index (κ2) is 10.3. The molecule has 1 heterocycles. The Bertz CT molecular complexity index is 998. The standard InChI is InChI=1S/C23H31N3O4S/c1-17-4-7-20(15-22(17)31(28,29)24-2)25-23(27)16-26-12-10-19(11-13-26)14-18-5-8-21(30-3)9-6-18/h4-9,15,19,24H,10-14,16H2,1-3H3,(H,25,27). The Balaban J connectivity index is 1.49. The van der Waals surface area contributed by atoms with Gasteiger partial charge in [-0.25, -0.2) is 13.1 Å². The number of hydrogen-bond donors (Lipinski definition) is 2. The zero-order valence-electron chi connectivity index (χ0n) is 18.3. The van der Waals surface area contributed by atoms with Gasteiger partial charge in [0.2, 0.25) is 15.9 Å². The summed E-state index contributed by atoms with van der Waals surface area (Å²) in [5.74, 6) is 1.35. The molecule has 1 aliphatic rings. The summed E-state index contributed by atoms with van der Waals surface area (Å²) in [6, 6.07) is 13.1. The first-order chi connectivity index (χ1) is 14.8. The van der Waals surface area contributed by atoms with Gasteiger partial charge in [0.25, 0.3) is 0 Å². The minimum absolute atomic E-state index is 0.134. The lowest BCUT2D eigenvalue weighted by atomic mass is 9.90. The molecule has 8 heteroatoms. The van der Waals surface area contributed by atoms with Crippen LogP contribution in [0.15, 0.2) is 47.4 Å². The molecule has 2 N–H and O–H groups in total. The van der Waals surface area contributed by atoms with Crippen molar-refractivity contribution in [2.75, 3.05) is 39.1 Å². The topological polar surface area (TPSA) is 87.7 Å². The third-order valence-corrected chi connectivity index (χ3v) is 7.34. The van der Waals surface area contributed by atoms with Crippen molar-refractivity contribution in [2.24, 2.45) is 5.92 Å². The lowest BCUT2D eigenvalue weighted by Crippen LogP contribution is -2.39. The Morgan fingerprint density at radius 3 is 2.42 bits per heavy atom. The summed E-state index contributed by atoms with van der Waals surface area (Å²) >= 11 is 0. The zero-order chi connectivity index (χ0) is 22.4. The Hall–Kier alpha value is -2.42. The Morgan fingerprint density at radius 2 is 1.81 bits per heavy atom. The van der Waals surface area contributed by atoms with Crippen molar-refractivity contribution < 1.29 is 17.9 Å². The van der Waals surface area contributed by atoms with Crippen LogP contribution in [0.5, 0.6) is 5.75 Å². The number of methoxy groups -OCH3 is 1. The monoisotopic (exact) mass is 445 g/mol. The number of anilines is 1. The van der Waals surface area contributed by atoms with Crippen molar-refractivity contribution in [3.63, 3.8) is 0 Å². The number of benzene rings is 2. The summed E-state index contributed by atoms with van der Waals surface area (Å²) < 4.78 is 31.8. The maximum atomic E-state index is 12.5. The zero-order valence-corrected chi connectivity index (χ0v) is 19.2. The molecule has 168 valence electrons. The number of ether oxygens (including phenoxy) is 1. The summed E-state index contributed by atoms with van der Waals surface area (Å²) in [5.41, 5.74) is 2.42. The molecule has 0 bridgehead atoms. The molecule has 0 saturated carbocycles. The minimum atomic E-state index is -3.57. The Labute approximate surface area is 184 Å². The van der Waals surface area contributed by atoms with E-state index in [1.807, 2.05) is 12.1 Å². The molecule has 1 aliphatic heterocycles. The predicted octanol–water partition coefficient (Wildman–Crippen LogP) is 2.80. The van der Waals surface area contributed by atoms with E-state index in [0.29, 0.717) is 23.7 Å². The third kappa shape index (κ3) is 6.29. The number of piperidine rings is 1. The first-order valence-corrected chi connectivity index (χ1v) is 12.0. The van der Waals surface area contributed by atoms with Crippen LogP contribution in [0, 0.1) is 12.8 Å². The Kier molecular flexibility index (Phi) is 7.69. The molecule has 2 aromatic rings. The van der Waals surface area contributed by atoms with Crippen LogP contribution in [0.2, 0.25) is 0 Å². The van der Waals surface area contributed by atoms with Gasteiger partial charge >= 0.3 is 0 Å². The molecule has 0 aromatic heterocycles. The molecule has 0 atom stereocenters. The van der Waals surface area contributed by atoms with E-state index in [-0.39, 0.29) is 10.8 Å². The van der Waals surface area contributed by atoms with Crippen LogP contribution in [-0.4, -0.2) is 53.0 Å². The van der Waals surface area contributed by atoms with Crippen LogP contribution in [0.25, 0.3) is 0 Å². The number of rotatable bonds is 8. The minimum Gasteiger partial charge on any atom is -0.497 e. The number of carbonyl (C=O) groups is 1. The highest BCUT2D eigenvalue weighted by molar-refractivity contribution is 7.89. The number of amides is 1. The second-order valence-electron chi connectivity index (χ2n) is 8.01. The van der Waals surface area contributed by atoms with Gasteiger partial charge in [-0.15, -0.1) is 0 Å². The number of nitrogens with zero attached hydrogens (tertiary/aromatic N) is 1. The summed E-state index contributed by atoms with van der Waals surface area (Å²) in [5, 5.41) is 2.83. The molecule has 0 unspecified atom stereocenters. The fourth-order valence-corrected chi connectivity index (χ4v) is 4.92. The molecular weight excluding hydrogens is 414 g/mol. The normalized spacial score (nSPS) is 15.6. The Morgan fingerprint density at radius 1 is 1.13 bits per heavy atom. The van der Waals surface area contributed by atoms with E-state index in [0.717, 1.165) is 38.1 Å². The van der Waals surface area contributed by atoms with Crippen molar-refractivity contribution in [3.8, 4) is 5.75 Å². The summed E-state index contributed by atoms with van der Waals surface area (Å²) in [6.45, 7) is 3.78. The molecule has 0 spiro atoms. The molecule has 2 aromatic carbocycles. The fraction of sp³-hybridized carbons (Fsp3) is 0.435. The number of carbonyl (C=O) groups excluding carboxylic acids is 1. The van der Waals surface area contributed by atoms with Crippen molar-refractivity contribution in [2.45, 2.75) is 31.1 Å². The van der Waals surface area contributed by atoms with Crippen LogP contribution >= 0.6 is 0 Å². The van der Waals surface area contributed by atoms with Gasteiger partial charge in [-0.05, 0) is 87.6 Å². The van der Waals surface area contributed by atoms with Crippen LogP contribution < -0.4 is 14.8 Å². The lowest BCUT2D eigenvalue weighted by molar-refractivity contribution is -0.117. The largest absolute Gasteiger partial charge is 0.497 e. The van der Waals surface area contributed by atoms with E-state index in [9.17, 15) is 13.2 Å². The average Bonchev–Trinajstić information content (AvgIpc) is 2.77. The number of nitrogens with one attached hydrogen (secondary N) is 2. The maximum Gasteiger partial charge on any atom is 0.240 e. The third-order valence-electron chi connectivity index (χ3n) is 5.79. The number of likely N-dealkylation sites (tertiary alicyclic amines) is 1. The number of aryl methyl sites for hydroxylation is 1. The molecule has 7 nitrogen and oxygen atoms in total. The van der Waals surface area contributed by atoms with E-state index >= 15 is 0 Å². The maximum absolute atomic E-state index is 12.5. The highest BCUT2D eigenvalue weighted by Crippen LogP contribution is 2.23. The van der Waals surface area contributed by atoms with Gasteiger partial charge in [-0.2, -0.15) is 0 Å². The highest BCUT2D eigenvalue weighted by atomic mass is 32.2. The van der Waals surface area contributed by atoms with Crippen molar-refractivity contribution >= 4 is 21.6 Å². The van der Waals surface area contributed by atoms with E-state index < -0.39 is 10.0 Å². The van der Waals surface area contributed by atoms with E-state index in [1.54, 1.807) is 26.2 Å². The quantitative estimate of drug-likeness (QED) is 0.652. The van der Waals surface area contributed by atoms with Gasteiger partial charge in [-0.3, -0.25) is 9.69 Å². The van der Waals surface area contributed by atoms with E-state index in [2.05, 4.69) is 27.1 Å². The van der Waals surface area contributed by atoms with Crippen molar-refractivity contribution in [1.29, 1.82) is 0 Å². The van der Waals surface area contributed by atoms with Crippen LogP contribution in [0.4, 0.5) is 5.69 Å². The summed E-state index contributed by atoms with van der Waals surface area (Å²) in [4.78, 5) is 14.8. The second-order valence-corrected chi connectivity index (χ2v) is 9.86. The van der Waals surface area contributed by atoms with E-state index in [1.165, 1.54) is 18.7 Å². The van der Waals surface area contributed by atoms with E-state index in [4.69, 9.17) is 4.74 Å². The van der Waals surface area contributed by atoms with Gasteiger partial charge in [0.05, 0.1) is 18.6 Å². The average molecular weight is 446 g/mol. The molecule has 31 heavy (non-hydrogen) atoms. The van der Waals surface area contributed by atoms with Gasteiger partial charge in [0, 0.05) is 5.69 Å². The summed E-state index contributed by atoms with van der Waals surface area (Å²) in [7, 11) is -0.526.